The normalized spacial score (nSPS) is 20.0. The number of aryl methyl sites for hydroxylation is 1. The smallest absolute Gasteiger partial charge is 0.119 e. The van der Waals surface area contributed by atoms with Crippen molar-refractivity contribution in [3.05, 3.63) is 36.0 Å². The molecule has 1 N–H and O–H groups in total. The van der Waals surface area contributed by atoms with Crippen molar-refractivity contribution in [3.63, 3.8) is 0 Å². The van der Waals surface area contributed by atoms with Crippen LogP contribution in [0.1, 0.15) is 77.7 Å². The number of unbranched alkanes of at least 4 members (excludes halogenated alkanes) is 4. The number of hydrogen-bond donors (Lipinski definition) is 1. The van der Waals surface area contributed by atoms with Gasteiger partial charge in [0.15, 0.2) is 0 Å². The molecule has 0 bridgehead atoms. The van der Waals surface area contributed by atoms with Gasteiger partial charge < -0.3 is 14.7 Å². The Balaban J connectivity index is 1.55. The van der Waals surface area contributed by atoms with Crippen molar-refractivity contribution in [1.29, 1.82) is 0 Å². The summed E-state index contributed by atoms with van der Waals surface area (Å²) in [5.74, 6) is 1.83. The van der Waals surface area contributed by atoms with Gasteiger partial charge in [0, 0.05) is 24.0 Å². The van der Waals surface area contributed by atoms with Crippen LogP contribution in [0, 0.1) is 11.8 Å². The van der Waals surface area contributed by atoms with Crippen molar-refractivity contribution in [2.45, 2.75) is 84.2 Å². The largest absolute Gasteiger partial charge is 0.497 e. The first-order valence-corrected chi connectivity index (χ1v) is 12.8. The van der Waals surface area contributed by atoms with Crippen LogP contribution in [-0.2, 0) is 6.42 Å². The Morgan fingerprint density at radius 2 is 1.94 bits per heavy atom. The van der Waals surface area contributed by atoms with E-state index in [-0.39, 0.29) is 0 Å². The van der Waals surface area contributed by atoms with E-state index < -0.39 is 5.60 Å². The molecule has 0 unspecified atom stereocenters. The summed E-state index contributed by atoms with van der Waals surface area (Å²) in [5.41, 5.74) is 1.76. The van der Waals surface area contributed by atoms with Crippen molar-refractivity contribution in [1.82, 2.24) is 9.88 Å². The molecule has 1 aromatic carbocycles. The van der Waals surface area contributed by atoms with Gasteiger partial charge in [-0.3, -0.25) is 4.98 Å². The average Bonchev–Trinajstić information content (AvgIpc) is 2.78. The number of methoxy groups -OCH3 is 1. The molecule has 2 heterocycles. The van der Waals surface area contributed by atoms with Crippen LogP contribution >= 0.6 is 0 Å². The van der Waals surface area contributed by atoms with Gasteiger partial charge in [0.05, 0.1) is 18.2 Å². The van der Waals surface area contributed by atoms with Gasteiger partial charge >= 0.3 is 0 Å². The van der Waals surface area contributed by atoms with E-state index in [1.165, 1.54) is 69.0 Å². The van der Waals surface area contributed by atoms with Gasteiger partial charge in [0.2, 0.25) is 0 Å². The van der Waals surface area contributed by atoms with E-state index in [1.54, 1.807) is 7.11 Å². The molecule has 4 heteroatoms. The highest BCUT2D eigenvalue weighted by atomic mass is 16.5. The lowest BCUT2D eigenvalue weighted by atomic mass is 9.73. The lowest BCUT2D eigenvalue weighted by Crippen LogP contribution is -2.49. The van der Waals surface area contributed by atoms with E-state index in [4.69, 9.17) is 4.74 Å². The Morgan fingerprint density at radius 1 is 1.12 bits per heavy atom. The van der Waals surface area contributed by atoms with Crippen LogP contribution in [0.5, 0.6) is 5.75 Å². The third-order valence-corrected chi connectivity index (χ3v) is 7.39. The molecule has 4 nitrogen and oxygen atoms in total. The molecule has 1 aromatic heterocycles. The number of hydrogen-bond acceptors (Lipinski definition) is 4. The molecule has 0 aliphatic carbocycles. The maximum Gasteiger partial charge on any atom is 0.119 e. The number of aliphatic hydroxyl groups is 1. The first-order chi connectivity index (χ1) is 15.4. The summed E-state index contributed by atoms with van der Waals surface area (Å²) in [5, 5.41) is 12.1. The first kappa shape index (κ1) is 25.0. The van der Waals surface area contributed by atoms with Gasteiger partial charge in [0.1, 0.15) is 5.75 Å². The highest BCUT2D eigenvalue weighted by molar-refractivity contribution is 5.83. The SMILES string of the molecule is CCCCCCCN1CC[C@H](CCCc2ccnc3ccc(OC)cc23)[C@@H](C(C)(C)O)C1. The second-order valence-electron chi connectivity index (χ2n) is 10.3. The molecule has 32 heavy (non-hydrogen) atoms. The quantitative estimate of drug-likeness (QED) is 0.397. The molecule has 2 aromatic rings. The number of fused-ring (bicyclic) bond motifs is 1. The minimum Gasteiger partial charge on any atom is -0.497 e. The summed E-state index contributed by atoms with van der Waals surface area (Å²) in [4.78, 5) is 7.12. The summed E-state index contributed by atoms with van der Waals surface area (Å²) < 4.78 is 5.43. The van der Waals surface area contributed by atoms with Gasteiger partial charge in [0.25, 0.3) is 0 Å². The molecule has 1 aliphatic rings. The van der Waals surface area contributed by atoms with Crippen LogP contribution in [0.2, 0.25) is 0 Å². The van der Waals surface area contributed by atoms with Crippen molar-refractivity contribution in [2.75, 3.05) is 26.7 Å². The zero-order valence-electron chi connectivity index (χ0n) is 20.8. The molecule has 2 atom stereocenters. The number of rotatable bonds is 12. The standard InChI is InChI=1S/C28H44N2O2/c1-5-6-7-8-9-18-30-19-16-23(26(21-30)28(2,3)31)12-10-11-22-15-17-29-27-14-13-24(32-4)20-25(22)27/h13-15,17,20,23,26,31H,5-12,16,18-19,21H2,1-4H3/t23-,26-/m0/s1. The molecular formula is C28H44N2O2. The van der Waals surface area contributed by atoms with Crippen LogP contribution in [-0.4, -0.2) is 47.3 Å². The monoisotopic (exact) mass is 440 g/mol. The third-order valence-electron chi connectivity index (χ3n) is 7.39. The third kappa shape index (κ3) is 6.92. The molecular weight excluding hydrogens is 396 g/mol. The highest BCUT2D eigenvalue weighted by Crippen LogP contribution is 2.36. The van der Waals surface area contributed by atoms with Gasteiger partial charge in [-0.25, -0.2) is 0 Å². The Morgan fingerprint density at radius 3 is 2.69 bits per heavy atom. The topological polar surface area (TPSA) is 45.6 Å². The van der Waals surface area contributed by atoms with E-state index in [0.717, 1.165) is 30.7 Å². The molecule has 1 fully saturated rings. The van der Waals surface area contributed by atoms with Gasteiger partial charge in [-0.15, -0.1) is 0 Å². The number of ether oxygens (including phenoxy) is 1. The number of piperidine rings is 1. The van der Waals surface area contributed by atoms with E-state index in [2.05, 4.69) is 28.9 Å². The Labute approximate surface area is 195 Å². The van der Waals surface area contributed by atoms with Gasteiger partial charge in [-0.05, 0) is 94.8 Å². The minimum absolute atomic E-state index is 0.348. The fourth-order valence-electron chi connectivity index (χ4n) is 5.44. The van der Waals surface area contributed by atoms with Crippen LogP contribution in [0.25, 0.3) is 10.9 Å². The molecule has 0 radical (unpaired) electrons. The summed E-state index contributed by atoms with van der Waals surface area (Å²) in [6, 6.07) is 8.28. The predicted octanol–water partition coefficient (Wildman–Crippen LogP) is 6.25. The Bertz CT molecular complexity index is 830. The molecule has 178 valence electrons. The van der Waals surface area contributed by atoms with Crippen LogP contribution in [0.3, 0.4) is 0 Å². The Hall–Kier alpha value is -1.65. The number of pyridine rings is 1. The summed E-state index contributed by atoms with van der Waals surface area (Å²) in [7, 11) is 1.71. The number of benzene rings is 1. The molecule has 1 aliphatic heterocycles. The summed E-state index contributed by atoms with van der Waals surface area (Å²) in [6.45, 7) is 9.70. The van der Waals surface area contributed by atoms with E-state index >= 15 is 0 Å². The molecule has 0 saturated carbocycles. The fourth-order valence-corrected chi connectivity index (χ4v) is 5.44. The summed E-state index contributed by atoms with van der Waals surface area (Å²) >= 11 is 0. The van der Waals surface area contributed by atoms with Crippen LogP contribution in [0.15, 0.2) is 30.5 Å². The van der Waals surface area contributed by atoms with Crippen molar-refractivity contribution in [2.24, 2.45) is 11.8 Å². The number of likely N-dealkylation sites (tertiary alicyclic amines) is 1. The second-order valence-corrected chi connectivity index (χ2v) is 10.3. The molecule has 3 rings (SSSR count). The molecule has 0 spiro atoms. The second kappa shape index (κ2) is 12.0. The van der Waals surface area contributed by atoms with Crippen molar-refractivity contribution >= 4 is 10.9 Å². The maximum atomic E-state index is 10.9. The molecule has 0 amide bonds. The van der Waals surface area contributed by atoms with Crippen molar-refractivity contribution < 1.29 is 9.84 Å². The van der Waals surface area contributed by atoms with E-state index in [0.29, 0.717) is 11.8 Å². The molecule has 1 saturated heterocycles. The van der Waals surface area contributed by atoms with Crippen molar-refractivity contribution in [3.8, 4) is 5.75 Å². The Kier molecular flexibility index (Phi) is 9.36. The predicted molar refractivity (Wildman–Crippen MR) is 134 cm³/mol. The fraction of sp³-hybridized carbons (Fsp3) is 0.679. The minimum atomic E-state index is -0.623. The van der Waals surface area contributed by atoms with E-state index in [9.17, 15) is 5.11 Å². The average molecular weight is 441 g/mol. The lowest BCUT2D eigenvalue weighted by molar-refractivity contribution is -0.0502. The zero-order chi connectivity index (χ0) is 23.0. The zero-order valence-corrected chi connectivity index (χ0v) is 20.8. The summed E-state index contributed by atoms with van der Waals surface area (Å²) in [6.07, 6.45) is 13.1. The maximum absolute atomic E-state index is 10.9. The lowest BCUT2D eigenvalue weighted by Gasteiger charge is -2.44. The number of nitrogens with zero attached hydrogens (tertiary/aromatic N) is 2. The van der Waals surface area contributed by atoms with Gasteiger partial charge in [-0.2, -0.15) is 0 Å². The first-order valence-electron chi connectivity index (χ1n) is 12.8. The highest BCUT2D eigenvalue weighted by Gasteiger charge is 2.37. The van der Waals surface area contributed by atoms with Gasteiger partial charge in [-0.1, -0.05) is 32.6 Å². The van der Waals surface area contributed by atoms with Crippen LogP contribution < -0.4 is 4.74 Å². The van der Waals surface area contributed by atoms with Crippen LogP contribution in [0.4, 0.5) is 0 Å². The van der Waals surface area contributed by atoms with E-state index in [1.807, 2.05) is 32.2 Å². The number of aromatic nitrogens is 1.